The first-order valence-electron chi connectivity index (χ1n) is 7.23. The van der Waals surface area contributed by atoms with E-state index in [1.807, 2.05) is 60.7 Å². The molecule has 2 N–H and O–H groups in total. The minimum Gasteiger partial charge on any atom is -0.425 e. The zero-order chi connectivity index (χ0) is 14.1. The third-order valence-electron chi connectivity index (χ3n) is 4.51. The topological polar surface area (TPSA) is 40.5 Å². The van der Waals surface area contributed by atoms with E-state index < -0.39 is 13.5 Å². The average molecular weight is 284 g/mol. The molecular formula is C17H20O2Si. The molecule has 1 aliphatic rings. The molecule has 3 heteroatoms. The van der Waals surface area contributed by atoms with Gasteiger partial charge < -0.3 is 9.90 Å². The number of benzene rings is 2. The SMILES string of the molecule is OC1(c2ccccc2)CCCC[Si]1(O)c1ccccc1. The number of rotatable bonds is 2. The molecule has 1 saturated heterocycles. The Morgan fingerprint density at radius 1 is 0.850 bits per heavy atom. The van der Waals surface area contributed by atoms with E-state index in [1.54, 1.807) is 0 Å². The minimum absolute atomic E-state index is 0.647. The van der Waals surface area contributed by atoms with Crippen LogP contribution in [-0.2, 0) is 5.22 Å². The highest BCUT2D eigenvalue weighted by molar-refractivity contribution is 6.87. The van der Waals surface area contributed by atoms with Crippen LogP contribution in [0.1, 0.15) is 24.8 Å². The van der Waals surface area contributed by atoms with E-state index in [4.69, 9.17) is 0 Å². The number of hydrogen-bond acceptors (Lipinski definition) is 2. The van der Waals surface area contributed by atoms with E-state index in [9.17, 15) is 9.90 Å². The van der Waals surface area contributed by atoms with Gasteiger partial charge in [-0.2, -0.15) is 0 Å². The molecule has 0 spiro atoms. The van der Waals surface area contributed by atoms with Crippen LogP contribution in [0.2, 0.25) is 6.04 Å². The maximum Gasteiger partial charge on any atom is 0.256 e. The van der Waals surface area contributed by atoms with E-state index >= 15 is 0 Å². The van der Waals surface area contributed by atoms with Crippen molar-refractivity contribution in [3.8, 4) is 0 Å². The molecule has 2 nitrogen and oxygen atoms in total. The zero-order valence-corrected chi connectivity index (χ0v) is 12.5. The third kappa shape index (κ3) is 2.02. The lowest BCUT2D eigenvalue weighted by Gasteiger charge is -2.45. The quantitative estimate of drug-likeness (QED) is 0.832. The molecule has 2 aromatic rings. The molecule has 1 fully saturated rings. The fourth-order valence-electron chi connectivity index (χ4n) is 3.37. The molecule has 0 saturated carbocycles. The van der Waals surface area contributed by atoms with Crippen LogP contribution in [0.5, 0.6) is 0 Å². The summed E-state index contributed by atoms with van der Waals surface area (Å²) in [4.78, 5) is 11.4. The Labute approximate surface area is 120 Å². The Hall–Kier alpha value is -1.42. The van der Waals surface area contributed by atoms with Gasteiger partial charge in [0.15, 0.2) is 0 Å². The van der Waals surface area contributed by atoms with Crippen molar-refractivity contribution in [2.45, 2.75) is 30.5 Å². The Bertz CT molecular complexity index is 519. The van der Waals surface area contributed by atoms with Gasteiger partial charge in [0.05, 0.1) is 0 Å². The van der Waals surface area contributed by atoms with Crippen LogP contribution in [0.3, 0.4) is 0 Å². The molecule has 2 unspecified atom stereocenters. The standard InChI is InChI=1S/C17H20O2Si/c18-17(15-9-3-1-4-10-15)13-7-8-14-20(17,19)16-11-5-2-6-12-16/h1-6,9-12,18-19H,7-8,13-14H2. The van der Waals surface area contributed by atoms with Crippen molar-refractivity contribution in [3.63, 3.8) is 0 Å². The summed E-state index contributed by atoms with van der Waals surface area (Å²) in [6.45, 7) is 0. The molecule has 0 bridgehead atoms. The van der Waals surface area contributed by atoms with Gasteiger partial charge in [-0.05, 0) is 23.2 Å². The van der Waals surface area contributed by atoms with Crippen LogP contribution < -0.4 is 5.19 Å². The molecule has 3 rings (SSSR count). The number of aliphatic hydroxyl groups is 1. The van der Waals surface area contributed by atoms with Crippen molar-refractivity contribution in [2.24, 2.45) is 0 Å². The first kappa shape index (κ1) is 13.6. The molecule has 2 aromatic carbocycles. The van der Waals surface area contributed by atoms with Crippen molar-refractivity contribution in [3.05, 3.63) is 66.2 Å². The first-order chi connectivity index (χ1) is 9.67. The van der Waals surface area contributed by atoms with Gasteiger partial charge in [-0.25, -0.2) is 0 Å². The van der Waals surface area contributed by atoms with Crippen molar-refractivity contribution in [1.82, 2.24) is 0 Å². The zero-order valence-electron chi connectivity index (χ0n) is 11.5. The molecule has 0 aromatic heterocycles. The predicted molar refractivity (Wildman–Crippen MR) is 83.0 cm³/mol. The van der Waals surface area contributed by atoms with Gasteiger partial charge >= 0.3 is 0 Å². The monoisotopic (exact) mass is 284 g/mol. The van der Waals surface area contributed by atoms with Gasteiger partial charge in [-0.15, -0.1) is 0 Å². The average Bonchev–Trinajstić information content (AvgIpc) is 2.52. The Morgan fingerprint density at radius 3 is 2.10 bits per heavy atom. The van der Waals surface area contributed by atoms with Crippen LogP contribution in [0.4, 0.5) is 0 Å². The van der Waals surface area contributed by atoms with E-state index in [1.165, 1.54) is 0 Å². The predicted octanol–water partition coefficient (Wildman–Crippen LogP) is 2.44. The molecule has 0 amide bonds. The maximum absolute atomic E-state index is 11.4. The van der Waals surface area contributed by atoms with Gasteiger partial charge in [-0.3, -0.25) is 0 Å². The van der Waals surface area contributed by atoms with Crippen LogP contribution in [-0.4, -0.2) is 18.2 Å². The normalized spacial score (nSPS) is 30.1. The lowest BCUT2D eigenvalue weighted by atomic mass is 10.0. The lowest BCUT2D eigenvalue weighted by Crippen LogP contribution is -2.66. The van der Waals surface area contributed by atoms with E-state index in [0.717, 1.165) is 29.6 Å². The smallest absolute Gasteiger partial charge is 0.256 e. The third-order valence-corrected chi connectivity index (χ3v) is 8.79. The van der Waals surface area contributed by atoms with Gasteiger partial charge in [0.1, 0.15) is 5.22 Å². The van der Waals surface area contributed by atoms with Crippen molar-refractivity contribution < 1.29 is 9.90 Å². The Balaban J connectivity index is 2.12. The minimum atomic E-state index is -2.95. The van der Waals surface area contributed by atoms with Gasteiger partial charge in [0.2, 0.25) is 0 Å². The Kier molecular flexibility index (Phi) is 3.50. The summed E-state index contributed by atoms with van der Waals surface area (Å²) < 4.78 is 0. The summed E-state index contributed by atoms with van der Waals surface area (Å²) in [7, 11) is -2.95. The van der Waals surface area contributed by atoms with Crippen LogP contribution in [0, 0.1) is 0 Å². The molecule has 104 valence electrons. The fraction of sp³-hybridized carbons (Fsp3) is 0.294. The van der Waals surface area contributed by atoms with Crippen LogP contribution >= 0.6 is 0 Å². The lowest BCUT2D eigenvalue weighted by molar-refractivity contribution is 0.0761. The highest BCUT2D eigenvalue weighted by Gasteiger charge is 2.55. The van der Waals surface area contributed by atoms with Gasteiger partial charge in [0, 0.05) is 0 Å². The van der Waals surface area contributed by atoms with Crippen molar-refractivity contribution >= 4 is 13.5 Å². The second-order valence-corrected chi connectivity index (χ2v) is 9.28. The molecule has 1 heterocycles. The van der Waals surface area contributed by atoms with Crippen molar-refractivity contribution in [2.75, 3.05) is 0 Å². The molecule has 0 radical (unpaired) electrons. The summed E-state index contributed by atoms with van der Waals surface area (Å²) >= 11 is 0. The fourth-order valence-corrected chi connectivity index (χ4v) is 7.29. The molecule has 20 heavy (non-hydrogen) atoms. The number of hydrogen-bond donors (Lipinski definition) is 2. The molecule has 0 aliphatic carbocycles. The van der Waals surface area contributed by atoms with Crippen LogP contribution in [0.25, 0.3) is 0 Å². The highest BCUT2D eigenvalue weighted by Crippen LogP contribution is 2.41. The summed E-state index contributed by atoms with van der Waals surface area (Å²) in [5, 5.41) is 11.2. The van der Waals surface area contributed by atoms with Gasteiger partial charge in [0.25, 0.3) is 8.32 Å². The van der Waals surface area contributed by atoms with E-state index in [0.29, 0.717) is 6.42 Å². The summed E-state index contributed by atoms with van der Waals surface area (Å²) in [6, 6.07) is 20.2. The Morgan fingerprint density at radius 2 is 1.45 bits per heavy atom. The van der Waals surface area contributed by atoms with E-state index in [-0.39, 0.29) is 0 Å². The second kappa shape index (κ2) is 5.17. The van der Waals surface area contributed by atoms with E-state index in [2.05, 4.69) is 0 Å². The largest absolute Gasteiger partial charge is 0.425 e. The highest BCUT2D eigenvalue weighted by atomic mass is 28.4. The first-order valence-corrected chi connectivity index (χ1v) is 9.38. The van der Waals surface area contributed by atoms with Gasteiger partial charge in [-0.1, -0.05) is 73.5 Å². The maximum atomic E-state index is 11.4. The molecule has 1 aliphatic heterocycles. The molecular weight excluding hydrogens is 264 g/mol. The summed E-state index contributed by atoms with van der Waals surface area (Å²) in [6.07, 6.45) is 2.61. The van der Waals surface area contributed by atoms with Crippen molar-refractivity contribution in [1.29, 1.82) is 0 Å². The molecule has 2 atom stereocenters. The summed E-state index contributed by atoms with van der Waals surface area (Å²) in [5.74, 6) is 0. The van der Waals surface area contributed by atoms with Crippen LogP contribution in [0.15, 0.2) is 60.7 Å². The second-order valence-electron chi connectivity index (χ2n) is 5.66. The summed E-state index contributed by atoms with van der Waals surface area (Å²) in [5.41, 5.74) is 0.859.